The summed E-state index contributed by atoms with van der Waals surface area (Å²) in [6, 6.07) is 0. The molecule has 0 aliphatic carbocycles. The van der Waals surface area contributed by atoms with Crippen LogP contribution in [0.3, 0.4) is 0 Å². The van der Waals surface area contributed by atoms with E-state index in [9.17, 15) is 4.79 Å². The number of likely N-dealkylation sites (N-methyl/N-ethyl adjacent to an activating group) is 1. The van der Waals surface area contributed by atoms with Crippen molar-refractivity contribution in [2.75, 3.05) is 20.7 Å². The molecule has 152 valence electrons. The van der Waals surface area contributed by atoms with Crippen molar-refractivity contribution in [2.24, 2.45) is 5.92 Å². The SMILES string of the molecule is C[C@H]([C@H](O[Si](C)(C)C(C)(C)C)[C@H]1COC(C)(C)O1)[C@@H]1O[C@H]1C(=O)N(C)C. The molecule has 2 aliphatic heterocycles. The molecule has 0 aromatic heterocycles. The van der Waals surface area contributed by atoms with Crippen LogP contribution in [-0.4, -0.2) is 70.0 Å². The van der Waals surface area contributed by atoms with E-state index in [0.717, 1.165) is 0 Å². The molecular weight excluding hydrogens is 350 g/mol. The van der Waals surface area contributed by atoms with Crippen LogP contribution in [0.5, 0.6) is 0 Å². The van der Waals surface area contributed by atoms with E-state index in [-0.39, 0.29) is 41.3 Å². The second-order valence-corrected chi connectivity index (χ2v) is 14.6. The molecule has 5 atom stereocenters. The highest BCUT2D eigenvalue weighted by molar-refractivity contribution is 6.74. The molecule has 2 fully saturated rings. The van der Waals surface area contributed by atoms with Gasteiger partial charge in [0, 0.05) is 20.0 Å². The number of epoxide rings is 1. The first-order chi connectivity index (χ1) is 11.7. The van der Waals surface area contributed by atoms with Crippen molar-refractivity contribution in [2.45, 2.75) is 89.9 Å². The van der Waals surface area contributed by atoms with Crippen LogP contribution in [0, 0.1) is 5.92 Å². The highest BCUT2D eigenvalue weighted by atomic mass is 28.4. The van der Waals surface area contributed by atoms with Crippen molar-refractivity contribution in [3.05, 3.63) is 0 Å². The molecule has 1 amide bonds. The number of carbonyl (C=O) groups excluding carboxylic acids is 1. The highest BCUT2D eigenvalue weighted by Crippen LogP contribution is 2.43. The lowest BCUT2D eigenvalue weighted by Crippen LogP contribution is -2.51. The molecule has 0 aromatic rings. The molecule has 0 bridgehead atoms. The Hall–Kier alpha value is -0.473. The Kier molecular flexibility index (Phi) is 6.01. The van der Waals surface area contributed by atoms with Gasteiger partial charge in [-0.15, -0.1) is 0 Å². The lowest BCUT2D eigenvalue weighted by Gasteiger charge is -2.42. The van der Waals surface area contributed by atoms with Crippen LogP contribution in [0.15, 0.2) is 0 Å². The molecule has 0 unspecified atom stereocenters. The van der Waals surface area contributed by atoms with Crippen molar-refractivity contribution in [1.82, 2.24) is 4.90 Å². The van der Waals surface area contributed by atoms with E-state index in [0.29, 0.717) is 6.61 Å². The van der Waals surface area contributed by atoms with Gasteiger partial charge in [0.05, 0.1) is 18.8 Å². The lowest BCUT2D eigenvalue weighted by atomic mass is 9.94. The summed E-state index contributed by atoms with van der Waals surface area (Å²) >= 11 is 0. The van der Waals surface area contributed by atoms with Crippen molar-refractivity contribution >= 4 is 14.2 Å². The number of nitrogens with zero attached hydrogens (tertiary/aromatic N) is 1. The zero-order chi connectivity index (χ0) is 20.1. The summed E-state index contributed by atoms with van der Waals surface area (Å²) in [6.45, 7) is 17.6. The Bertz CT molecular complexity index is 529. The molecule has 6 nitrogen and oxygen atoms in total. The number of ether oxygens (including phenoxy) is 3. The Morgan fingerprint density at radius 2 is 1.85 bits per heavy atom. The molecule has 0 radical (unpaired) electrons. The van der Waals surface area contributed by atoms with Crippen LogP contribution in [-0.2, 0) is 23.4 Å². The molecule has 7 heteroatoms. The second-order valence-electron chi connectivity index (χ2n) is 9.82. The summed E-state index contributed by atoms with van der Waals surface area (Å²) in [6.07, 6.45) is -0.830. The van der Waals surface area contributed by atoms with Gasteiger partial charge in [0.15, 0.2) is 20.2 Å². The Labute approximate surface area is 159 Å². The minimum atomic E-state index is -2.02. The summed E-state index contributed by atoms with van der Waals surface area (Å²) in [5, 5.41) is 0.0865. The van der Waals surface area contributed by atoms with E-state index in [4.69, 9.17) is 18.6 Å². The third kappa shape index (κ3) is 4.68. The largest absolute Gasteiger partial charge is 0.411 e. The summed E-state index contributed by atoms with van der Waals surface area (Å²) in [7, 11) is 1.49. The number of hydrogen-bond acceptors (Lipinski definition) is 5. The maximum absolute atomic E-state index is 12.2. The van der Waals surface area contributed by atoms with Gasteiger partial charge < -0.3 is 23.5 Å². The first kappa shape index (κ1) is 21.8. The normalized spacial score (nSPS) is 30.8. The van der Waals surface area contributed by atoms with E-state index in [1.54, 1.807) is 19.0 Å². The minimum Gasteiger partial charge on any atom is -0.411 e. The van der Waals surface area contributed by atoms with Crippen LogP contribution in [0.4, 0.5) is 0 Å². The van der Waals surface area contributed by atoms with Crippen molar-refractivity contribution < 1.29 is 23.4 Å². The van der Waals surface area contributed by atoms with E-state index in [1.807, 2.05) is 13.8 Å². The van der Waals surface area contributed by atoms with Gasteiger partial charge in [-0.3, -0.25) is 4.79 Å². The Balaban J connectivity index is 2.18. The van der Waals surface area contributed by atoms with Gasteiger partial charge in [-0.2, -0.15) is 0 Å². The smallest absolute Gasteiger partial charge is 0.253 e. The maximum atomic E-state index is 12.2. The fourth-order valence-corrected chi connectivity index (χ4v) is 4.48. The van der Waals surface area contributed by atoms with Gasteiger partial charge in [-0.1, -0.05) is 27.7 Å². The van der Waals surface area contributed by atoms with Gasteiger partial charge >= 0.3 is 0 Å². The molecule has 0 saturated carbocycles. The topological polar surface area (TPSA) is 60.5 Å². The van der Waals surface area contributed by atoms with Crippen LogP contribution in [0.2, 0.25) is 18.1 Å². The molecule has 0 N–H and O–H groups in total. The van der Waals surface area contributed by atoms with Crippen molar-refractivity contribution in [3.63, 3.8) is 0 Å². The van der Waals surface area contributed by atoms with Crippen molar-refractivity contribution in [1.29, 1.82) is 0 Å². The third-order valence-corrected chi connectivity index (χ3v) is 10.4. The van der Waals surface area contributed by atoms with Gasteiger partial charge in [0.25, 0.3) is 5.91 Å². The maximum Gasteiger partial charge on any atom is 0.253 e. The van der Waals surface area contributed by atoms with E-state index in [2.05, 4.69) is 40.8 Å². The molecule has 2 rings (SSSR count). The predicted octanol–water partition coefficient (Wildman–Crippen LogP) is 3.02. The fourth-order valence-electron chi connectivity index (χ4n) is 3.08. The first-order valence-corrected chi connectivity index (χ1v) is 12.4. The highest BCUT2D eigenvalue weighted by Gasteiger charge is 2.55. The van der Waals surface area contributed by atoms with Crippen molar-refractivity contribution in [3.8, 4) is 0 Å². The van der Waals surface area contributed by atoms with Crippen LogP contribution < -0.4 is 0 Å². The predicted molar refractivity (Wildman–Crippen MR) is 103 cm³/mol. The Morgan fingerprint density at radius 1 is 1.27 bits per heavy atom. The molecule has 2 saturated heterocycles. The van der Waals surface area contributed by atoms with Gasteiger partial charge in [0.1, 0.15) is 6.10 Å². The second kappa shape index (κ2) is 7.17. The number of amides is 1. The van der Waals surface area contributed by atoms with E-state index >= 15 is 0 Å². The molecule has 2 aliphatic rings. The van der Waals surface area contributed by atoms with E-state index in [1.165, 1.54) is 0 Å². The zero-order valence-electron chi connectivity index (χ0n) is 18.1. The number of hydrogen-bond donors (Lipinski definition) is 0. The monoisotopic (exact) mass is 387 g/mol. The summed E-state index contributed by atoms with van der Waals surface area (Å²) in [5.41, 5.74) is 0. The van der Waals surface area contributed by atoms with Crippen LogP contribution in [0.1, 0.15) is 41.5 Å². The van der Waals surface area contributed by atoms with Gasteiger partial charge in [-0.25, -0.2) is 0 Å². The standard InChI is InChI=1S/C19H37NO5Si/c1-12(15-16(23-15)17(21)20(7)8)14(13-11-22-19(5,6)24-13)25-26(9,10)18(2,3)4/h12-16H,11H2,1-10H3/t12-,13-,14+,15+,16-/m1/s1. The fraction of sp³-hybridized carbons (Fsp3) is 0.947. The van der Waals surface area contributed by atoms with Gasteiger partial charge in [0.2, 0.25) is 0 Å². The zero-order valence-corrected chi connectivity index (χ0v) is 19.1. The molecule has 2 heterocycles. The average Bonchev–Trinajstić information content (AvgIpc) is 3.19. The lowest BCUT2D eigenvalue weighted by molar-refractivity contribution is -0.154. The first-order valence-electron chi connectivity index (χ1n) is 9.52. The summed E-state index contributed by atoms with van der Waals surface area (Å²) < 4.78 is 24.4. The molecule has 0 spiro atoms. The van der Waals surface area contributed by atoms with Crippen LogP contribution in [0.25, 0.3) is 0 Å². The number of carbonyl (C=O) groups is 1. The van der Waals surface area contributed by atoms with E-state index < -0.39 is 14.1 Å². The third-order valence-electron chi connectivity index (χ3n) is 5.88. The Morgan fingerprint density at radius 3 is 2.27 bits per heavy atom. The van der Waals surface area contributed by atoms with Gasteiger partial charge in [-0.05, 0) is 32.0 Å². The molecular formula is C19H37NO5Si. The van der Waals surface area contributed by atoms with Crippen LogP contribution >= 0.6 is 0 Å². The minimum absolute atomic E-state index is 0.0110. The molecule has 26 heavy (non-hydrogen) atoms. The summed E-state index contributed by atoms with van der Waals surface area (Å²) in [4.78, 5) is 13.8. The quantitative estimate of drug-likeness (QED) is 0.518. The molecule has 0 aromatic carbocycles. The average molecular weight is 388 g/mol. The number of rotatable bonds is 6. The summed E-state index contributed by atoms with van der Waals surface area (Å²) in [5.74, 6) is -0.555.